The fourth-order valence-corrected chi connectivity index (χ4v) is 5.58. The van der Waals surface area contributed by atoms with E-state index in [9.17, 15) is 27.2 Å². The standard InChI is InChI=1S/C29H29F4N3O3/c1-18-34-25-17-35(28(38)39-23-13-9-21(10-14-23)29(31,32)33)16-15-24(25)27(37)36(18)26(19-5-3-2-4-6-19)20-7-11-22(30)12-8-20/h2-8,11-12,21,23,26H,9-10,13-17H2,1H3. The Morgan fingerprint density at radius 1 is 1.00 bits per heavy atom. The number of aromatic nitrogens is 2. The van der Waals surface area contributed by atoms with Crippen LogP contribution in [0.1, 0.15) is 59.9 Å². The van der Waals surface area contributed by atoms with Crippen molar-refractivity contribution in [1.82, 2.24) is 14.5 Å². The summed E-state index contributed by atoms with van der Waals surface area (Å²) in [4.78, 5) is 32.8. The fraction of sp³-hybridized carbons (Fsp3) is 0.414. The fourth-order valence-electron chi connectivity index (χ4n) is 5.58. The lowest BCUT2D eigenvalue weighted by Gasteiger charge is -2.33. The van der Waals surface area contributed by atoms with E-state index in [0.29, 0.717) is 17.1 Å². The van der Waals surface area contributed by atoms with Gasteiger partial charge in [-0.1, -0.05) is 42.5 Å². The molecule has 10 heteroatoms. The number of aryl methyl sites for hydroxylation is 1. The highest BCUT2D eigenvalue weighted by Crippen LogP contribution is 2.38. The van der Waals surface area contributed by atoms with Crippen molar-refractivity contribution in [2.45, 2.75) is 63.9 Å². The Morgan fingerprint density at radius 3 is 2.28 bits per heavy atom. The van der Waals surface area contributed by atoms with Gasteiger partial charge in [-0.05, 0) is 62.3 Å². The molecule has 2 aliphatic rings. The highest BCUT2D eigenvalue weighted by molar-refractivity contribution is 5.68. The van der Waals surface area contributed by atoms with Crippen LogP contribution in [0.5, 0.6) is 0 Å². The predicted octanol–water partition coefficient (Wildman–Crippen LogP) is 5.94. The third-order valence-corrected chi connectivity index (χ3v) is 7.67. The van der Waals surface area contributed by atoms with Crippen molar-refractivity contribution < 1.29 is 27.1 Å². The number of amides is 1. The first kappa shape index (κ1) is 26.9. The van der Waals surface area contributed by atoms with Crippen molar-refractivity contribution in [2.75, 3.05) is 6.54 Å². The molecule has 5 rings (SSSR count). The molecule has 1 saturated carbocycles. The molecule has 0 radical (unpaired) electrons. The Labute approximate surface area is 223 Å². The van der Waals surface area contributed by atoms with Gasteiger partial charge in [0.05, 0.1) is 24.2 Å². The molecule has 0 N–H and O–H groups in total. The van der Waals surface area contributed by atoms with Crippen LogP contribution in [-0.2, 0) is 17.7 Å². The van der Waals surface area contributed by atoms with Crippen LogP contribution in [0, 0.1) is 18.7 Å². The summed E-state index contributed by atoms with van der Waals surface area (Å²) in [7, 11) is 0. The van der Waals surface area contributed by atoms with Gasteiger partial charge in [0.2, 0.25) is 0 Å². The largest absolute Gasteiger partial charge is 0.446 e. The quantitative estimate of drug-likeness (QED) is 0.382. The van der Waals surface area contributed by atoms with E-state index in [0.717, 1.165) is 11.1 Å². The van der Waals surface area contributed by atoms with E-state index in [2.05, 4.69) is 0 Å². The molecule has 1 amide bonds. The highest BCUT2D eigenvalue weighted by Gasteiger charge is 2.42. The Hall–Kier alpha value is -3.69. The molecule has 1 aliphatic carbocycles. The van der Waals surface area contributed by atoms with Crippen molar-refractivity contribution in [2.24, 2.45) is 5.92 Å². The van der Waals surface area contributed by atoms with Crippen LogP contribution in [0.25, 0.3) is 0 Å². The Morgan fingerprint density at radius 2 is 1.64 bits per heavy atom. The average Bonchev–Trinajstić information content (AvgIpc) is 2.91. The number of fused-ring (bicyclic) bond motifs is 1. The highest BCUT2D eigenvalue weighted by atomic mass is 19.4. The third kappa shape index (κ3) is 5.69. The Balaban J connectivity index is 1.37. The summed E-state index contributed by atoms with van der Waals surface area (Å²) in [6, 6.07) is 14.9. The molecular weight excluding hydrogens is 514 g/mol. The lowest BCUT2D eigenvalue weighted by Crippen LogP contribution is -2.43. The third-order valence-electron chi connectivity index (χ3n) is 7.67. The van der Waals surface area contributed by atoms with E-state index in [-0.39, 0.29) is 56.6 Å². The first-order valence-electron chi connectivity index (χ1n) is 13.1. The van der Waals surface area contributed by atoms with Gasteiger partial charge in [0, 0.05) is 12.1 Å². The SMILES string of the molecule is Cc1nc2c(c(=O)n1C(c1ccccc1)c1ccc(F)cc1)CCN(C(=O)OC1CCC(C(F)(F)F)CC1)C2. The molecule has 1 atom stereocenters. The second kappa shape index (κ2) is 10.8. The monoisotopic (exact) mass is 543 g/mol. The van der Waals surface area contributed by atoms with Crippen LogP contribution in [0.15, 0.2) is 59.4 Å². The summed E-state index contributed by atoms with van der Waals surface area (Å²) >= 11 is 0. The molecule has 1 unspecified atom stereocenters. The van der Waals surface area contributed by atoms with Crippen LogP contribution in [0.3, 0.4) is 0 Å². The van der Waals surface area contributed by atoms with Gasteiger partial charge in [0.15, 0.2) is 0 Å². The summed E-state index contributed by atoms with van der Waals surface area (Å²) in [5, 5.41) is 0. The van der Waals surface area contributed by atoms with Crippen molar-refractivity contribution >= 4 is 6.09 Å². The Bertz CT molecular complexity index is 1380. The minimum atomic E-state index is -4.22. The number of alkyl halides is 3. The minimum Gasteiger partial charge on any atom is -0.446 e. The number of hydrogen-bond acceptors (Lipinski definition) is 4. The molecule has 206 valence electrons. The van der Waals surface area contributed by atoms with E-state index in [1.165, 1.54) is 17.0 Å². The molecule has 2 aromatic carbocycles. The molecular formula is C29H29F4N3O3. The van der Waals surface area contributed by atoms with Crippen LogP contribution in [0.4, 0.5) is 22.4 Å². The van der Waals surface area contributed by atoms with Gasteiger partial charge in [-0.2, -0.15) is 13.2 Å². The summed E-state index contributed by atoms with van der Waals surface area (Å²) in [5.41, 5.74) is 2.32. The van der Waals surface area contributed by atoms with Crippen molar-refractivity contribution in [3.63, 3.8) is 0 Å². The average molecular weight is 544 g/mol. The normalized spacial score (nSPS) is 20.3. The smallest absolute Gasteiger partial charge is 0.410 e. The first-order chi connectivity index (χ1) is 18.6. The number of carbonyl (C=O) groups is 1. The molecule has 0 bridgehead atoms. The van der Waals surface area contributed by atoms with Crippen LogP contribution in [-0.4, -0.2) is 39.4 Å². The van der Waals surface area contributed by atoms with Gasteiger partial charge in [-0.15, -0.1) is 0 Å². The molecule has 1 aromatic heterocycles. The maximum atomic E-state index is 13.8. The zero-order valence-corrected chi connectivity index (χ0v) is 21.5. The van der Waals surface area contributed by atoms with Gasteiger partial charge in [-0.25, -0.2) is 14.2 Å². The number of ether oxygens (including phenoxy) is 1. The minimum absolute atomic E-state index is 0.0544. The van der Waals surface area contributed by atoms with Crippen molar-refractivity contribution in [3.8, 4) is 0 Å². The van der Waals surface area contributed by atoms with Crippen LogP contribution >= 0.6 is 0 Å². The van der Waals surface area contributed by atoms with Gasteiger partial charge in [0.25, 0.3) is 5.56 Å². The van der Waals surface area contributed by atoms with Gasteiger partial charge in [-0.3, -0.25) is 9.36 Å². The van der Waals surface area contributed by atoms with Crippen LogP contribution < -0.4 is 5.56 Å². The van der Waals surface area contributed by atoms with Crippen molar-refractivity contribution in [1.29, 1.82) is 0 Å². The molecule has 1 fully saturated rings. The second-order valence-electron chi connectivity index (χ2n) is 10.2. The van der Waals surface area contributed by atoms with Gasteiger partial charge < -0.3 is 9.64 Å². The molecule has 39 heavy (non-hydrogen) atoms. The molecule has 0 saturated heterocycles. The summed E-state index contributed by atoms with van der Waals surface area (Å²) < 4.78 is 59.7. The number of hydrogen-bond donors (Lipinski definition) is 0. The van der Waals surface area contributed by atoms with Gasteiger partial charge >= 0.3 is 12.3 Å². The molecule has 2 heterocycles. The van der Waals surface area contributed by atoms with E-state index >= 15 is 0 Å². The van der Waals surface area contributed by atoms with Crippen LogP contribution in [0.2, 0.25) is 0 Å². The summed E-state index contributed by atoms with van der Waals surface area (Å²) in [6.45, 7) is 2.03. The maximum absolute atomic E-state index is 13.8. The molecule has 6 nitrogen and oxygen atoms in total. The Kier molecular flexibility index (Phi) is 7.46. The lowest BCUT2D eigenvalue weighted by molar-refractivity contribution is -0.186. The summed E-state index contributed by atoms with van der Waals surface area (Å²) in [6.07, 6.45) is -4.88. The molecule has 1 aliphatic heterocycles. The van der Waals surface area contributed by atoms with E-state index in [1.54, 1.807) is 23.6 Å². The molecule has 3 aromatic rings. The van der Waals surface area contributed by atoms with E-state index in [4.69, 9.17) is 9.72 Å². The second-order valence-corrected chi connectivity index (χ2v) is 10.2. The zero-order valence-electron chi connectivity index (χ0n) is 21.5. The number of benzene rings is 2. The first-order valence-corrected chi connectivity index (χ1v) is 13.1. The van der Waals surface area contributed by atoms with E-state index in [1.807, 2.05) is 30.3 Å². The van der Waals surface area contributed by atoms with Crippen molar-refractivity contribution in [3.05, 3.63) is 99.0 Å². The summed E-state index contributed by atoms with van der Waals surface area (Å²) in [5.74, 6) is -1.28. The van der Waals surface area contributed by atoms with Gasteiger partial charge in [0.1, 0.15) is 17.7 Å². The number of carbonyl (C=O) groups excluding carboxylic acids is 1. The lowest BCUT2D eigenvalue weighted by atomic mass is 9.87. The predicted molar refractivity (Wildman–Crippen MR) is 136 cm³/mol. The molecule has 0 spiro atoms. The zero-order chi connectivity index (χ0) is 27.7. The maximum Gasteiger partial charge on any atom is 0.410 e. The number of rotatable bonds is 4. The number of nitrogens with zero attached hydrogens (tertiary/aromatic N) is 3. The number of halogens is 4. The van der Waals surface area contributed by atoms with E-state index < -0.39 is 30.3 Å². The topological polar surface area (TPSA) is 64.4 Å².